The number of hydrogen-bond donors (Lipinski definition) is 5. The molecule has 0 saturated heterocycles. The molecule has 3 atom stereocenters. The van der Waals surface area contributed by atoms with Gasteiger partial charge in [0.2, 0.25) is 5.91 Å². The van der Waals surface area contributed by atoms with Gasteiger partial charge >= 0.3 is 0 Å². The number of aromatic nitrogens is 2. The molecular formula is C24H23N5O2. The summed E-state index contributed by atoms with van der Waals surface area (Å²) in [7, 11) is 0. The van der Waals surface area contributed by atoms with E-state index in [0.717, 1.165) is 38.8 Å². The van der Waals surface area contributed by atoms with Gasteiger partial charge in [-0.05, 0) is 36.1 Å². The highest BCUT2D eigenvalue weighted by atomic mass is 16.1. The van der Waals surface area contributed by atoms with Gasteiger partial charge in [-0.2, -0.15) is 0 Å². The molecule has 0 aliphatic carbocycles. The third-order valence-electron chi connectivity index (χ3n) is 6.72. The number of amides is 1. The Bertz CT molecular complexity index is 1350. The number of Topliss-reactive ketones (excluding diaryl/α,β-unsaturated/α-hetero) is 1. The van der Waals surface area contributed by atoms with Crippen LogP contribution in [-0.2, 0) is 29.0 Å². The second-order valence-corrected chi connectivity index (χ2v) is 8.49. The zero-order valence-electron chi connectivity index (χ0n) is 16.9. The molecule has 2 unspecified atom stereocenters. The Labute approximate surface area is 178 Å². The maximum atomic E-state index is 13.7. The van der Waals surface area contributed by atoms with Crippen LogP contribution in [0.5, 0.6) is 0 Å². The van der Waals surface area contributed by atoms with Crippen LogP contribution in [0.15, 0.2) is 48.5 Å². The molecule has 6 rings (SSSR count). The summed E-state index contributed by atoms with van der Waals surface area (Å²) in [6, 6.07) is 14.6. The number of fused-ring (bicyclic) bond motifs is 6. The van der Waals surface area contributed by atoms with E-state index in [4.69, 9.17) is 5.73 Å². The van der Waals surface area contributed by atoms with Crippen LogP contribution in [0.25, 0.3) is 21.8 Å². The number of H-pyrrole nitrogens is 2. The quantitative estimate of drug-likeness (QED) is 0.353. The molecule has 4 heterocycles. The van der Waals surface area contributed by atoms with E-state index in [1.165, 1.54) is 5.56 Å². The van der Waals surface area contributed by atoms with E-state index in [-0.39, 0.29) is 11.8 Å². The lowest BCUT2D eigenvalue weighted by Crippen LogP contribution is -2.54. The van der Waals surface area contributed by atoms with Gasteiger partial charge in [-0.25, -0.2) is 0 Å². The second kappa shape index (κ2) is 6.80. The molecule has 2 aliphatic heterocycles. The molecule has 0 saturated carbocycles. The van der Waals surface area contributed by atoms with Gasteiger partial charge in [-0.1, -0.05) is 36.4 Å². The molecular weight excluding hydrogens is 390 g/mol. The Morgan fingerprint density at radius 2 is 1.48 bits per heavy atom. The number of benzene rings is 2. The fourth-order valence-corrected chi connectivity index (χ4v) is 5.19. The van der Waals surface area contributed by atoms with E-state index in [9.17, 15) is 9.59 Å². The van der Waals surface area contributed by atoms with Crippen molar-refractivity contribution in [3.05, 3.63) is 71.0 Å². The molecule has 0 fully saturated rings. The van der Waals surface area contributed by atoms with Crippen molar-refractivity contribution in [2.75, 3.05) is 0 Å². The van der Waals surface area contributed by atoms with Crippen molar-refractivity contribution in [1.82, 2.24) is 20.6 Å². The first-order valence-electron chi connectivity index (χ1n) is 10.6. The third kappa shape index (κ3) is 2.81. The number of nitrogens with two attached hydrogens (primary N) is 1. The zero-order chi connectivity index (χ0) is 21.1. The summed E-state index contributed by atoms with van der Waals surface area (Å²) in [6.45, 7) is 0.603. The first-order valence-corrected chi connectivity index (χ1v) is 10.6. The number of para-hydroxylation sites is 2. The van der Waals surface area contributed by atoms with Crippen LogP contribution in [0, 0.1) is 0 Å². The molecule has 156 valence electrons. The molecule has 4 aromatic rings. The minimum atomic E-state index is -0.613. The molecule has 2 aromatic carbocycles. The zero-order valence-corrected chi connectivity index (χ0v) is 16.9. The Kier molecular flexibility index (Phi) is 4.03. The summed E-state index contributed by atoms with van der Waals surface area (Å²) >= 11 is 0. The Hall–Kier alpha value is -3.42. The normalized spacial score (nSPS) is 22.9. The van der Waals surface area contributed by atoms with Crippen molar-refractivity contribution in [2.24, 2.45) is 5.73 Å². The minimum Gasteiger partial charge on any atom is -0.368 e. The first-order chi connectivity index (χ1) is 15.1. The van der Waals surface area contributed by atoms with Gasteiger partial charge in [0.05, 0.1) is 12.1 Å². The molecule has 31 heavy (non-hydrogen) atoms. The van der Waals surface area contributed by atoms with Crippen molar-refractivity contribution >= 4 is 33.5 Å². The van der Waals surface area contributed by atoms with Crippen LogP contribution in [0.2, 0.25) is 0 Å². The number of hydrogen-bond acceptors (Lipinski definition) is 4. The smallest absolute Gasteiger partial charge is 0.234 e. The number of nitrogens with one attached hydrogen (secondary N) is 4. The largest absolute Gasteiger partial charge is 0.368 e. The highest BCUT2D eigenvalue weighted by molar-refractivity contribution is 5.96. The van der Waals surface area contributed by atoms with E-state index in [0.29, 0.717) is 19.4 Å². The predicted molar refractivity (Wildman–Crippen MR) is 118 cm³/mol. The molecule has 1 amide bonds. The summed E-state index contributed by atoms with van der Waals surface area (Å²) in [4.78, 5) is 32.7. The van der Waals surface area contributed by atoms with Crippen molar-refractivity contribution in [1.29, 1.82) is 0 Å². The molecule has 0 spiro atoms. The average Bonchev–Trinajstić information content (AvgIpc) is 3.35. The average molecular weight is 413 g/mol. The summed E-state index contributed by atoms with van der Waals surface area (Å²) in [5.74, 6) is -0.418. The van der Waals surface area contributed by atoms with E-state index in [1.807, 2.05) is 36.4 Å². The van der Waals surface area contributed by atoms with E-state index < -0.39 is 18.0 Å². The van der Waals surface area contributed by atoms with Gasteiger partial charge in [0, 0.05) is 39.7 Å². The molecule has 2 aliphatic rings. The summed E-state index contributed by atoms with van der Waals surface area (Å²) in [6.07, 6.45) is 1.08. The maximum absolute atomic E-state index is 13.7. The highest BCUT2D eigenvalue weighted by Gasteiger charge is 2.39. The number of ketones is 1. The van der Waals surface area contributed by atoms with Gasteiger partial charge in [-0.3, -0.25) is 14.9 Å². The Morgan fingerprint density at radius 1 is 0.839 bits per heavy atom. The number of rotatable bonds is 3. The van der Waals surface area contributed by atoms with Crippen LogP contribution in [0.3, 0.4) is 0 Å². The van der Waals surface area contributed by atoms with E-state index >= 15 is 0 Å². The maximum Gasteiger partial charge on any atom is 0.234 e. The van der Waals surface area contributed by atoms with Crippen molar-refractivity contribution < 1.29 is 9.59 Å². The molecule has 7 heteroatoms. The standard InChI is InChI=1S/C24H23N5O2/c25-24(31)19-10-15-13-6-2-4-8-17(13)28-21(15)22(29-19)23(30)18-9-14-12-5-1-3-7-16(12)27-20(14)11-26-18/h1-8,18-19,22,26-29H,9-11H2,(H2,25,31)/t18?,19?,22-/m0/s1. The minimum absolute atomic E-state index is 0.0229. The van der Waals surface area contributed by atoms with Crippen LogP contribution in [-0.4, -0.2) is 33.7 Å². The summed E-state index contributed by atoms with van der Waals surface area (Å²) in [5, 5.41) is 8.81. The van der Waals surface area contributed by atoms with Crippen molar-refractivity contribution in [3.63, 3.8) is 0 Å². The lowest BCUT2D eigenvalue weighted by atomic mass is 9.87. The second-order valence-electron chi connectivity index (χ2n) is 8.49. The topological polar surface area (TPSA) is 116 Å². The fraction of sp³-hybridized carbons (Fsp3) is 0.250. The number of carbonyl (C=O) groups excluding carboxylic acids is 2. The molecule has 0 radical (unpaired) electrons. The van der Waals surface area contributed by atoms with Crippen molar-refractivity contribution in [2.45, 2.75) is 37.5 Å². The fourth-order valence-electron chi connectivity index (χ4n) is 5.19. The van der Waals surface area contributed by atoms with E-state index in [1.54, 1.807) is 0 Å². The van der Waals surface area contributed by atoms with Crippen LogP contribution in [0.1, 0.15) is 28.6 Å². The van der Waals surface area contributed by atoms with Gasteiger partial charge < -0.3 is 21.0 Å². The Morgan fingerprint density at radius 3 is 2.23 bits per heavy atom. The first kappa shape index (κ1) is 18.4. The SMILES string of the molecule is NC(=O)C1Cc2c([nH]c3ccccc23)[C@@H](C(=O)C2Cc3c([nH]c4ccccc34)CN2)N1. The van der Waals surface area contributed by atoms with Gasteiger partial charge in [0.1, 0.15) is 6.04 Å². The number of aromatic amines is 2. The lowest BCUT2D eigenvalue weighted by Gasteiger charge is -2.32. The molecule has 2 aromatic heterocycles. The lowest BCUT2D eigenvalue weighted by molar-refractivity contribution is -0.125. The van der Waals surface area contributed by atoms with Gasteiger partial charge in [-0.15, -0.1) is 0 Å². The molecule has 7 nitrogen and oxygen atoms in total. The van der Waals surface area contributed by atoms with E-state index in [2.05, 4.69) is 32.7 Å². The number of carbonyl (C=O) groups is 2. The van der Waals surface area contributed by atoms with Gasteiger partial charge in [0.15, 0.2) is 5.78 Å². The summed E-state index contributed by atoms with van der Waals surface area (Å²) in [5.41, 5.74) is 11.9. The number of primary amides is 1. The summed E-state index contributed by atoms with van der Waals surface area (Å²) < 4.78 is 0. The molecule has 6 N–H and O–H groups in total. The van der Waals surface area contributed by atoms with Gasteiger partial charge in [0.25, 0.3) is 0 Å². The van der Waals surface area contributed by atoms with Crippen LogP contribution in [0.4, 0.5) is 0 Å². The van der Waals surface area contributed by atoms with Crippen LogP contribution < -0.4 is 16.4 Å². The Balaban J connectivity index is 1.38. The highest BCUT2D eigenvalue weighted by Crippen LogP contribution is 2.34. The molecule has 0 bridgehead atoms. The van der Waals surface area contributed by atoms with Crippen LogP contribution >= 0.6 is 0 Å². The predicted octanol–water partition coefficient (Wildman–Crippen LogP) is 1.97. The van der Waals surface area contributed by atoms with Crippen molar-refractivity contribution in [3.8, 4) is 0 Å². The third-order valence-corrected chi connectivity index (χ3v) is 6.72. The monoisotopic (exact) mass is 413 g/mol.